The van der Waals surface area contributed by atoms with E-state index in [1.165, 1.54) is 0 Å². The summed E-state index contributed by atoms with van der Waals surface area (Å²) in [4.78, 5) is 24.8. The van der Waals surface area contributed by atoms with Crippen LogP contribution >= 0.6 is 0 Å². The SMILES string of the molecule is Cc1cc(C(=O)N2CCS(=O)CC2)cc(C)c1OCC(=O)O. The van der Waals surface area contributed by atoms with Gasteiger partial charge in [0, 0.05) is 41.0 Å². The number of hydrogen-bond acceptors (Lipinski definition) is 4. The van der Waals surface area contributed by atoms with Crippen LogP contribution in [0.2, 0.25) is 0 Å². The van der Waals surface area contributed by atoms with Crippen molar-refractivity contribution in [1.29, 1.82) is 0 Å². The lowest BCUT2D eigenvalue weighted by Gasteiger charge is -2.26. The number of carbonyl (C=O) groups excluding carboxylic acids is 1. The number of hydrogen-bond donors (Lipinski definition) is 1. The van der Waals surface area contributed by atoms with Crippen molar-refractivity contribution in [3.05, 3.63) is 28.8 Å². The Kier molecular flexibility index (Phi) is 5.18. The summed E-state index contributed by atoms with van der Waals surface area (Å²) in [6, 6.07) is 3.41. The molecule has 2 rings (SSSR count). The van der Waals surface area contributed by atoms with Gasteiger partial charge in [-0.25, -0.2) is 4.79 Å². The Morgan fingerprint density at radius 3 is 2.27 bits per heavy atom. The standard InChI is InChI=1S/C15H19NO5S/c1-10-7-12(8-11(2)14(10)21-9-13(17)18)15(19)16-3-5-22(20)6-4-16/h7-8H,3-6,9H2,1-2H3,(H,17,18). The normalized spacial score (nSPS) is 15.6. The Morgan fingerprint density at radius 1 is 1.23 bits per heavy atom. The average molecular weight is 325 g/mol. The number of carbonyl (C=O) groups is 2. The molecular weight excluding hydrogens is 306 g/mol. The molecule has 6 nitrogen and oxygen atoms in total. The van der Waals surface area contributed by atoms with E-state index in [0.717, 1.165) is 11.1 Å². The molecule has 0 radical (unpaired) electrons. The largest absolute Gasteiger partial charge is 0.481 e. The summed E-state index contributed by atoms with van der Waals surface area (Å²) < 4.78 is 16.6. The van der Waals surface area contributed by atoms with Gasteiger partial charge in [0.1, 0.15) is 5.75 Å². The Hall–Kier alpha value is -1.89. The van der Waals surface area contributed by atoms with Crippen molar-refractivity contribution in [1.82, 2.24) is 4.90 Å². The summed E-state index contributed by atoms with van der Waals surface area (Å²) in [6.45, 7) is 4.16. The molecule has 1 N–H and O–H groups in total. The van der Waals surface area contributed by atoms with Crippen LogP contribution in [-0.2, 0) is 15.6 Å². The Morgan fingerprint density at radius 2 is 1.77 bits per heavy atom. The summed E-state index contributed by atoms with van der Waals surface area (Å²) in [7, 11) is -0.823. The van der Waals surface area contributed by atoms with Crippen molar-refractivity contribution in [3.8, 4) is 5.75 Å². The fourth-order valence-corrected chi connectivity index (χ4v) is 3.51. The van der Waals surface area contributed by atoms with Crippen LogP contribution in [0.3, 0.4) is 0 Å². The third-order valence-corrected chi connectivity index (χ3v) is 4.79. The second-order valence-corrected chi connectivity index (χ2v) is 6.96. The van der Waals surface area contributed by atoms with Gasteiger partial charge in [0.15, 0.2) is 6.61 Å². The smallest absolute Gasteiger partial charge is 0.341 e. The maximum atomic E-state index is 12.5. The van der Waals surface area contributed by atoms with E-state index in [1.54, 1.807) is 30.9 Å². The Balaban J connectivity index is 2.17. The zero-order valence-electron chi connectivity index (χ0n) is 12.6. The van der Waals surface area contributed by atoms with Crippen molar-refractivity contribution in [2.45, 2.75) is 13.8 Å². The minimum absolute atomic E-state index is 0.0901. The van der Waals surface area contributed by atoms with E-state index in [-0.39, 0.29) is 5.91 Å². The van der Waals surface area contributed by atoms with E-state index >= 15 is 0 Å². The number of carboxylic acids is 1. The zero-order valence-corrected chi connectivity index (χ0v) is 13.4. The predicted octanol–water partition coefficient (Wildman–Crippen LogP) is 0.971. The third kappa shape index (κ3) is 3.85. The number of carboxylic acid groups (broad SMARTS) is 1. The molecule has 1 aliphatic heterocycles. The second-order valence-electron chi connectivity index (χ2n) is 5.26. The third-order valence-electron chi connectivity index (χ3n) is 3.51. The summed E-state index contributed by atoms with van der Waals surface area (Å²) in [5.74, 6) is 0.402. The van der Waals surface area contributed by atoms with E-state index in [4.69, 9.17) is 9.84 Å². The minimum atomic E-state index is -1.04. The topological polar surface area (TPSA) is 83.9 Å². The lowest BCUT2D eigenvalue weighted by molar-refractivity contribution is -0.139. The molecule has 7 heteroatoms. The Bertz CT molecular complexity index is 595. The van der Waals surface area contributed by atoms with E-state index in [9.17, 15) is 13.8 Å². The number of amides is 1. The molecule has 0 saturated carbocycles. The van der Waals surface area contributed by atoms with Crippen LogP contribution in [-0.4, -0.2) is 57.3 Å². The van der Waals surface area contributed by atoms with Crippen molar-refractivity contribution in [2.24, 2.45) is 0 Å². The molecule has 1 heterocycles. The van der Waals surface area contributed by atoms with Crippen LogP contribution in [0, 0.1) is 13.8 Å². The van der Waals surface area contributed by atoms with Gasteiger partial charge in [-0.1, -0.05) is 0 Å². The molecule has 22 heavy (non-hydrogen) atoms. The van der Waals surface area contributed by atoms with Gasteiger partial charge in [-0.05, 0) is 37.1 Å². The van der Waals surface area contributed by atoms with Crippen molar-refractivity contribution in [3.63, 3.8) is 0 Å². The molecule has 0 atom stereocenters. The highest BCUT2D eigenvalue weighted by molar-refractivity contribution is 7.85. The average Bonchev–Trinajstić information content (AvgIpc) is 2.46. The van der Waals surface area contributed by atoms with Crippen LogP contribution in [0.1, 0.15) is 21.5 Å². The fourth-order valence-electron chi connectivity index (χ4n) is 2.46. The van der Waals surface area contributed by atoms with E-state index in [0.29, 0.717) is 35.9 Å². The van der Waals surface area contributed by atoms with Gasteiger partial charge < -0.3 is 14.7 Å². The van der Waals surface area contributed by atoms with Gasteiger partial charge in [0.05, 0.1) is 0 Å². The summed E-state index contributed by atoms with van der Waals surface area (Å²) in [6.07, 6.45) is 0. The van der Waals surface area contributed by atoms with Crippen LogP contribution < -0.4 is 4.74 Å². The van der Waals surface area contributed by atoms with Crippen molar-refractivity contribution < 1.29 is 23.6 Å². The molecule has 1 amide bonds. The van der Waals surface area contributed by atoms with Crippen molar-refractivity contribution in [2.75, 3.05) is 31.2 Å². The lowest BCUT2D eigenvalue weighted by Crippen LogP contribution is -2.41. The molecule has 0 spiro atoms. The number of aliphatic carboxylic acids is 1. The van der Waals surface area contributed by atoms with Gasteiger partial charge >= 0.3 is 5.97 Å². The van der Waals surface area contributed by atoms with Gasteiger partial charge in [-0.3, -0.25) is 9.00 Å². The van der Waals surface area contributed by atoms with Crippen LogP contribution in [0.5, 0.6) is 5.75 Å². The first-order chi connectivity index (χ1) is 10.4. The summed E-state index contributed by atoms with van der Waals surface area (Å²) in [5, 5.41) is 8.68. The monoisotopic (exact) mass is 325 g/mol. The molecule has 1 fully saturated rings. The quantitative estimate of drug-likeness (QED) is 0.892. The highest BCUT2D eigenvalue weighted by atomic mass is 32.2. The highest BCUT2D eigenvalue weighted by Crippen LogP contribution is 2.25. The molecule has 0 aliphatic carbocycles. The van der Waals surface area contributed by atoms with E-state index in [1.807, 2.05) is 0 Å². The molecule has 1 saturated heterocycles. The number of nitrogens with zero attached hydrogens (tertiary/aromatic N) is 1. The fraction of sp³-hybridized carbons (Fsp3) is 0.467. The molecular formula is C15H19NO5S. The van der Waals surface area contributed by atoms with Crippen LogP contribution in [0.25, 0.3) is 0 Å². The van der Waals surface area contributed by atoms with Crippen molar-refractivity contribution >= 4 is 22.7 Å². The first kappa shape index (κ1) is 16.5. The maximum Gasteiger partial charge on any atom is 0.341 e. The number of ether oxygens (including phenoxy) is 1. The lowest BCUT2D eigenvalue weighted by atomic mass is 10.0. The number of rotatable bonds is 4. The van der Waals surface area contributed by atoms with Gasteiger partial charge in [0.25, 0.3) is 5.91 Å². The molecule has 1 aromatic carbocycles. The number of benzene rings is 1. The van der Waals surface area contributed by atoms with E-state index < -0.39 is 23.4 Å². The van der Waals surface area contributed by atoms with Crippen LogP contribution in [0.15, 0.2) is 12.1 Å². The first-order valence-electron chi connectivity index (χ1n) is 6.98. The molecule has 0 aromatic heterocycles. The van der Waals surface area contributed by atoms with Gasteiger partial charge in [0.2, 0.25) is 0 Å². The number of aryl methyl sites for hydroxylation is 2. The zero-order chi connectivity index (χ0) is 16.3. The second kappa shape index (κ2) is 6.91. The van der Waals surface area contributed by atoms with Crippen LogP contribution in [0.4, 0.5) is 0 Å². The first-order valence-corrected chi connectivity index (χ1v) is 8.47. The molecule has 0 unspecified atom stereocenters. The molecule has 1 aliphatic rings. The molecule has 1 aromatic rings. The summed E-state index contributed by atoms with van der Waals surface area (Å²) >= 11 is 0. The summed E-state index contributed by atoms with van der Waals surface area (Å²) in [5.41, 5.74) is 2.00. The predicted molar refractivity (Wildman–Crippen MR) is 82.8 cm³/mol. The maximum absolute atomic E-state index is 12.5. The van der Waals surface area contributed by atoms with Gasteiger partial charge in [-0.2, -0.15) is 0 Å². The minimum Gasteiger partial charge on any atom is -0.481 e. The Labute approximate surface area is 131 Å². The van der Waals surface area contributed by atoms with Gasteiger partial charge in [-0.15, -0.1) is 0 Å². The van der Waals surface area contributed by atoms with E-state index in [2.05, 4.69) is 0 Å². The molecule has 120 valence electrons. The highest BCUT2D eigenvalue weighted by Gasteiger charge is 2.22. The molecule has 0 bridgehead atoms.